The van der Waals surface area contributed by atoms with Gasteiger partial charge in [-0.25, -0.2) is 4.21 Å². The Morgan fingerprint density at radius 3 is 1.86 bits per heavy atom. The highest BCUT2D eigenvalue weighted by Gasteiger charge is 1.95. The van der Waals surface area contributed by atoms with Crippen LogP contribution in [0.5, 0.6) is 0 Å². The molecule has 38 valence electrons. The highest BCUT2D eigenvalue weighted by molar-refractivity contribution is 8.36. The summed E-state index contributed by atoms with van der Waals surface area (Å²) in [5.41, 5.74) is 0. The first-order chi connectivity index (χ1) is 3.21. The summed E-state index contributed by atoms with van der Waals surface area (Å²) in [5, 5.41) is 3.06. The van der Waals surface area contributed by atoms with E-state index in [0.29, 0.717) is 0 Å². The van der Waals surface area contributed by atoms with Gasteiger partial charge in [0.15, 0.2) is 0 Å². The van der Waals surface area contributed by atoms with Gasteiger partial charge in [0, 0.05) is 10.8 Å². The maximum atomic E-state index is 10.6. The van der Waals surface area contributed by atoms with Gasteiger partial charge in [-0.05, 0) is 11.2 Å². The second-order valence-electron chi connectivity index (χ2n) is 1.25. The van der Waals surface area contributed by atoms with Gasteiger partial charge >= 0.3 is 0 Å². The van der Waals surface area contributed by atoms with E-state index in [1.807, 2.05) is 0 Å². The molecule has 0 aromatic rings. The molecule has 0 unspecified atom stereocenters. The van der Waals surface area contributed by atoms with Gasteiger partial charge in [-0.2, -0.15) is 0 Å². The maximum absolute atomic E-state index is 10.6. The topological polar surface area (TPSA) is 17.1 Å². The van der Waals surface area contributed by atoms with E-state index in [2.05, 4.69) is 11.2 Å². The van der Waals surface area contributed by atoms with E-state index in [0.717, 1.165) is 0 Å². The van der Waals surface area contributed by atoms with E-state index in [1.54, 1.807) is 12.2 Å². The lowest BCUT2D eigenvalue weighted by atomic mass is 10.6. The Hall–Kier alpha value is -0.150. The smallest absolute Gasteiger partial charge is 0.0733 e. The van der Waals surface area contributed by atoms with Gasteiger partial charge < -0.3 is 0 Å². The third-order valence-corrected chi connectivity index (χ3v) is 2.39. The first kappa shape index (κ1) is 5.00. The molecule has 0 aromatic carbocycles. The molecule has 0 aromatic heterocycles. The van der Waals surface area contributed by atoms with Gasteiger partial charge in [-0.15, -0.1) is 0 Å². The second kappa shape index (κ2) is 1.42. The van der Waals surface area contributed by atoms with Crippen LogP contribution in [0.1, 0.15) is 0 Å². The molecule has 0 amide bonds. The van der Waals surface area contributed by atoms with Crippen molar-refractivity contribution in [2.75, 3.05) is 0 Å². The van der Waals surface area contributed by atoms with Crippen LogP contribution in [-0.2, 0) is 19.7 Å². The zero-order chi connectivity index (χ0) is 5.33. The molecular weight excluding hydrogens is 128 g/mol. The quantitative estimate of drug-likeness (QED) is 0.484. The van der Waals surface area contributed by atoms with E-state index in [4.69, 9.17) is 0 Å². The molecule has 0 N–H and O–H groups in total. The monoisotopic (exact) mass is 132 g/mol. The minimum absolute atomic E-state index is 1.53. The van der Waals surface area contributed by atoms with E-state index < -0.39 is 8.49 Å². The Bertz CT molecular complexity index is 190. The second-order valence-corrected chi connectivity index (χ2v) is 4.53. The van der Waals surface area contributed by atoms with Gasteiger partial charge in [0.1, 0.15) is 0 Å². The summed E-state index contributed by atoms with van der Waals surface area (Å²) in [7, 11) is -2.07. The lowest BCUT2D eigenvalue weighted by molar-refractivity contribution is 0.692. The van der Waals surface area contributed by atoms with Crippen molar-refractivity contribution in [2.24, 2.45) is 0 Å². The van der Waals surface area contributed by atoms with Crippen molar-refractivity contribution in [1.29, 1.82) is 0 Å². The van der Waals surface area contributed by atoms with Gasteiger partial charge in [-0.1, -0.05) is 12.2 Å². The van der Waals surface area contributed by atoms with Crippen molar-refractivity contribution in [3.05, 3.63) is 23.0 Å². The summed E-state index contributed by atoms with van der Waals surface area (Å²) < 4.78 is 10.6. The lowest BCUT2D eigenvalue weighted by Crippen LogP contribution is -1.77. The minimum Gasteiger partial charge on any atom is -0.248 e. The van der Waals surface area contributed by atoms with E-state index in [-0.39, 0.29) is 0 Å². The molecule has 1 aliphatic rings. The molecule has 1 aliphatic heterocycles. The summed E-state index contributed by atoms with van der Waals surface area (Å²) in [6.07, 6.45) is 3.41. The molecule has 0 radical (unpaired) electrons. The number of hydrogen-bond donors (Lipinski definition) is 0. The molecule has 1 heterocycles. The molecule has 0 saturated heterocycles. The average molecular weight is 132 g/mol. The summed E-state index contributed by atoms with van der Waals surface area (Å²) in [4.78, 5) is 0. The third kappa shape index (κ3) is 1.11. The van der Waals surface area contributed by atoms with Crippen LogP contribution in [0.3, 0.4) is 0 Å². The Kier molecular flexibility index (Phi) is 1.01. The Labute approximate surface area is 47.4 Å². The molecule has 0 bridgehead atoms. The highest BCUT2D eigenvalue weighted by Crippen LogP contribution is 2.02. The van der Waals surface area contributed by atoms with Crippen molar-refractivity contribution in [1.82, 2.24) is 0 Å². The number of allylic oxidation sites excluding steroid dienone is 2. The zero-order valence-corrected chi connectivity index (χ0v) is 5.17. The summed E-state index contributed by atoms with van der Waals surface area (Å²) >= 11 is 4.56. The molecule has 1 rings (SSSR count). The van der Waals surface area contributed by atoms with E-state index in [9.17, 15) is 4.21 Å². The van der Waals surface area contributed by atoms with Crippen molar-refractivity contribution >= 4 is 19.7 Å². The molecule has 3 heteroatoms. The molecule has 0 fully saturated rings. The molecule has 0 saturated carbocycles. The first-order valence-corrected chi connectivity index (χ1v) is 4.41. The van der Waals surface area contributed by atoms with Crippen LogP contribution in [0.25, 0.3) is 0 Å². The van der Waals surface area contributed by atoms with Crippen LogP contribution in [0, 0.1) is 0 Å². The fraction of sp³-hybridized carbons (Fsp3) is 0. The summed E-state index contributed by atoms with van der Waals surface area (Å²) in [5.74, 6) is 0. The SMILES string of the molecule is O=S1(=S)C=CC=C1. The number of hydrogen-bond acceptors (Lipinski definition) is 2. The predicted molar refractivity (Wildman–Crippen MR) is 33.8 cm³/mol. The van der Waals surface area contributed by atoms with Crippen LogP contribution in [-0.4, -0.2) is 4.21 Å². The van der Waals surface area contributed by atoms with Crippen LogP contribution in [0.4, 0.5) is 0 Å². The summed E-state index contributed by atoms with van der Waals surface area (Å²) in [6, 6.07) is 0. The van der Waals surface area contributed by atoms with Crippen LogP contribution in [0.15, 0.2) is 23.0 Å². The molecular formula is C4H4OS2. The highest BCUT2D eigenvalue weighted by atomic mass is 32.8. The Balaban J connectivity index is 3.25. The maximum Gasteiger partial charge on any atom is 0.0733 e. The van der Waals surface area contributed by atoms with Gasteiger partial charge in [0.2, 0.25) is 0 Å². The number of rotatable bonds is 0. The van der Waals surface area contributed by atoms with Crippen LogP contribution >= 0.6 is 0 Å². The van der Waals surface area contributed by atoms with Crippen LogP contribution in [0.2, 0.25) is 0 Å². The average Bonchev–Trinajstić information content (AvgIpc) is 1.84. The van der Waals surface area contributed by atoms with Crippen LogP contribution < -0.4 is 0 Å². The normalized spacial score (nSPS) is 23.4. The molecule has 0 spiro atoms. The Morgan fingerprint density at radius 1 is 1.29 bits per heavy atom. The fourth-order valence-corrected chi connectivity index (χ4v) is 1.45. The van der Waals surface area contributed by atoms with Crippen molar-refractivity contribution in [2.45, 2.75) is 0 Å². The zero-order valence-electron chi connectivity index (χ0n) is 3.53. The first-order valence-electron chi connectivity index (χ1n) is 1.80. The van der Waals surface area contributed by atoms with E-state index in [1.165, 1.54) is 10.8 Å². The molecule has 0 aliphatic carbocycles. The predicted octanol–water partition coefficient (Wildman–Crippen LogP) is 0.774. The lowest BCUT2D eigenvalue weighted by Gasteiger charge is -1.78. The van der Waals surface area contributed by atoms with Crippen molar-refractivity contribution in [3.8, 4) is 0 Å². The standard InChI is InChI=1S/C4H4OS2/c5-7(6)3-1-2-4-7/h1-4H. The van der Waals surface area contributed by atoms with Crippen molar-refractivity contribution in [3.63, 3.8) is 0 Å². The molecule has 1 nitrogen and oxygen atoms in total. The van der Waals surface area contributed by atoms with Gasteiger partial charge in [0.05, 0.1) is 8.49 Å². The summed E-state index contributed by atoms with van der Waals surface area (Å²) in [6.45, 7) is 0. The Morgan fingerprint density at radius 2 is 1.71 bits per heavy atom. The van der Waals surface area contributed by atoms with Gasteiger partial charge in [0.25, 0.3) is 0 Å². The molecule has 7 heavy (non-hydrogen) atoms. The van der Waals surface area contributed by atoms with Crippen molar-refractivity contribution < 1.29 is 4.21 Å². The fourth-order valence-electron chi connectivity index (χ4n) is 0.355. The van der Waals surface area contributed by atoms with E-state index >= 15 is 0 Å². The largest absolute Gasteiger partial charge is 0.248 e. The third-order valence-electron chi connectivity index (χ3n) is 0.648. The minimum atomic E-state index is -2.07. The van der Waals surface area contributed by atoms with Gasteiger partial charge in [-0.3, -0.25) is 0 Å². The molecule has 0 atom stereocenters.